The molecule has 1 aliphatic carbocycles. The van der Waals surface area contributed by atoms with Crippen LogP contribution in [0.4, 0.5) is 5.69 Å². The molecule has 1 aromatic heterocycles. The maximum absolute atomic E-state index is 11.9. The van der Waals surface area contributed by atoms with E-state index in [1.165, 1.54) is 0 Å². The number of nitrogens with one attached hydrogen (secondary N) is 2. The van der Waals surface area contributed by atoms with Gasteiger partial charge in [0.2, 0.25) is 0 Å². The average Bonchev–Trinajstić information content (AvgIpc) is 3.16. The molecule has 4 N–H and O–H groups in total. The third-order valence-electron chi connectivity index (χ3n) is 3.24. The molecule has 0 spiro atoms. The Balaban J connectivity index is 1.69. The van der Waals surface area contributed by atoms with E-state index in [0.717, 1.165) is 31.6 Å². The summed E-state index contributed by atoms with van der Waals surface area (Å²) in [5.41, 5.74) is 7.68. The van der Waals surface area contributed by atoms with Crippen molar-refractivity contribution >= 4 is 11.6 Å². The fraction of sp³-hybridized carbons (Fsp3) is 0.714. The van der Waals surface area contributed by atoms with Crippen LogP contribution >= 0.6 is 0 Å². The van der Waals surface area contributed by atoms with Crippen LogP contribution in [0.3, 0.4) is 0 Å². The van der Waals surface area contributed by atoms with Gasteiger partial charge in [-0.1, -0.05) is 13.8 Å². The number of H-pyrrole nitrogens is 1. The summed E-state index contributed by atoms with van der Waals surface area (Å²) < 4.78 is 5.45. The quantitative estimate of drug-likeness (QED) is 0.631. The maximum Gasteiger partial charge on any atom is 0.273 e. The molecule has 0 atom stereocenters. The summed E-state index contributed by atoms with van der Waals surface area (Å²) in [5, 5.41) is 9.72. The third-order valence-corrected chi connectivity index (χ3v) is 3.24. The molecule has 1 saturated carbocycles. The molecule has 1 aromatic rings. The summed E-state index contributed by atoms with van der Waals surface area (Å²) in [4.78, 5) is 11.9. The van der Waals surface area contributed by atoms with Crippen molar-refractivity contribution in [2.75, 3.05) is 25.5 Å². The van der Waals surface area contributed by atoms with Crippen LogP contribution in [-0.4, -0.2) is 35.9 Å². The van der Waals surface area contributed by atoms with Crippen LogP contribution in [0.5, 0.6) is 0 Å². The highest BCUT2D eigenvalue weighted by Gasteiger charge is 2.30. The number of nitrogens with two attached hydrogens (primary N) is 1. The first-order chi connectivity index (χ1) is 9.59. The van der Waals surface area contributed by atoms with Crippen molar-refractivity contribution in [2.24, 2.45) is 5.92 Å². The van der Waals surface area contributed by atoms with E-state index in [2.05, 4.69) is 29.4 Å². The van der Waals surface area contributed by atoms with E-state index in [1.54, 1.807) is 0 Å². The van der Waals surface area contributed by atoms with Gasteiger partial charge in [-0.05, 0) is 25.2 Å². The molecule has 1 heterocycles. The second-order valence-corrected chi connectivity index (χ2v) is 5.75. The van der Waals surface area contributed by atoms with Gasteiger partial charge in [0.1, 0.15) is 0 Å². The number of anilines is 1. The monoisotopic (exact) mass is 280 g/mol. The third kappa shape index (κ3) is 3.96. The van der Waals surface area contributed by atoms with E-state index in [-0.39, 0.29) is 5.91 Å². The van der Waals surface area contributed by atoms with Crippen LogP contribution in [-0.2, 0) is 4.74 Å². The Morgan fingerprint density at radius 3 is 2.95 bits per heavy atom. The zero-order valence-corrected chi connectivity index (χ0v) is 12.2. The first-order valence-corrected chi connectivity index (χ1v) is 7.29. The van der Waals surface area contributed by atoms with Crippen LogP contribution in [0, 0.1) is 5.92 Å². The minimum atomic E-state index is -0.213. The molecular weight excluding hydrogens is 256 g/mol. The Morgan fingerprint density at radius 2 is 2.30 bits per heavy atom. The van der Waals surface area contributed by atoms with Crippen molar-refractivity contribution in [3.8, 4) is 0 Å². The fourth-order valence-corrected chi connectivity index (χ4v) is 2.00. The molecule has 1 aliphatic rings. The predicted octanol–water partition coefficient (Wildman–Crippen LogP) is 1.66. The van der Waals surface area contributed by atoms with Gasteiger partial charge in [0.05, 0.1) is 11.4 Å². The van der Waals surface area contributed by atoms with Gasteiger partial charge in [-0.25, -0.2) is 0 Å². The molecule has 1 fully saturated rings. The van der Waals surface area contributed by atoms with Gasteiger partial charge in [0.25, 0.3) is 5.91 Å². The van der Waals surface area contributed by atoms with Crippen molar-refractivity contribution in [1.29, 1.82) is 0 Å². The van der Waals surface area contributed by atoms with E-state index in [0.29, 0.717) is 36.4 Å². The lowest BCUT2D eigenvalue weighted by molar-refractivity contribution is 0.0921. The molecule has 0 aliphatic heterocycles. The van der Waals surface area contributed by atoms with E-state index >= 15 is 0 Å². The molecular formula is C14H24N4O2. The molecule has 1 amide bonds. The highest BCUT2D eigenvalue weighted by molar-refractivity contribution is 5.97. The second kappa shape index (κ2) is 6.74. The Bertz CT molecular complexity index is 452. The Labute approximate surface area is 119 Å². The normalized spacial score (nSPS) is 14.8. The first kappa shape index (κ1) is 14.8. The van der Waals surface area contributed by atoms with Crippen molar-refractivity contribution < 1.29 is 9.53 Å². The Hall–Kier alpha value is -1.56. The number of nitrogen functional groups attached to an aromatic ring is 1. The maximum atomic E-state index is 11.9. The molecule has 20 heavy (non-hydrogen) atoms. The molecule has 0 radical (unpaired) electrons. The number of rotatable bonds is 8. The predicted molar refractivity (Wildman–Crippen MR) is 77.6 cm³/mol. The molecule has 6 heteroatoms. The van der Waals surface area contributed by atoms with Gasteiger partial charge in [-0.3, -0.25) is 9.89 Å². The fourth-order valence-electron chi connectivity index (χ4n) is 2.00. The van der Waals surface area contributed by atoms with Gasteiger partial charge in [0, 0.05) is 25.7 Å². The molecule has 0 saturated heterocycles. The number of hydrogen-bond acceptors (Lipinski definition) is 4. The molecule has 112 valence electrons. The van der Waals surface area contributed by atoms with Gasteiger partial charge in [-0.2, -0.15) is 5.10 Å². The number of carbonyl (C=O) groups excluding carboxylic acids is 1. The number of nitrogens with zero attached hydrogens (tertiary/aromatic N) is 1. The van der Waals surface area contributed by atoms with Gasteiger partial charge in [0.15, 0.2) is 5.69 Å². The number of aromatic nitrogens is 2. The van der Waals surface area contributed by atoms with Gasteiger partial charge in [-0.15, -0.1) is 0 Å². The lowest BCUT2D eigenvalue weighted by Gasteiger charge is -2.07. The lowest BCUT2D eigenvalue weighted by Crippen LogP contribution is -2.26. The van der Waals surface area contributed by atoms with Crippen molar-refractivity contribution in [2.45, 2.75) is 39.0 Å². The smallest absolute Gasteiger partial charge is 0.273 e. The summed E-state index contributed by atoms with van der Waals surface area (Å²) in [6.45, 7) is 6.20. The number of carbonyl (C=O) groups is 1. The summed E-state index contributed by atoms with van der Waals surface area (Å²) in [5.74, 6) is 0.789. The minimum absolute atomic E-state index is 0.213. The molecule has 0 aromatic carbocycles. The molecule has 0 unspecified atom stereocenters. The number of amides is 1. The Kier molecular flexibility index (Phi) is 5.00. The van der Waals surface area contributed by atoms with E-state index in [9.17, 15) is 4.79 Å². The molecule has 0 bridgehead atoms. The van der Waals surface area contributed by atoms with Crippen LogP contribution in [0.15, 0.2) is 0 Å². The topological polar surface area (TPSA) is 93.0 Å². The van der Waals surface area contributed by atoms with E-state index in [1.807, 2.05) is 0 Å². The summed E-state index contributed by atoms with van der Waals surface area (Å²) in [7, 11) is 0. The summed E-state index contributed by atoms with van der Waals surface area (Å²) in [6.07, 6.45) is 3.04. The highest BCUT2D eigenvalue weighted by Crippen LogP contribution is 2.42. The molecule has 6 nitrogen and oxygen atoms in total. The summed E-state index contributed by atoms with van der Waals surface area (Å²) in [6, 6.07) is 0. The number of hydrogen-bond donors (Lipinski definition) is 3. The number of aromatic amines is 1. The zero-order valence-electron chi connectivity index (χ0n) is 12.2. The summed E-state index contributed by atoms with van der Waals surface area (Å²) >= 11 is 0. The first-order valence-electron chi connectivity index (χ1n) is 7.29. The average molecular weight is 280 g/mol. The minimum Gasteiger partial charge on any atom is -0.395 e. The van der Waals surface area contributed by atoms with E-state index < -0.39 is 0 Å². The highest BCUT2D eigenvalue weighted by atomic mass is 16.5. The van der Waals surface area contributed by atoms with Crippen LogP contribution in [0.25, 0.3) is 0 Å². The van der Waals surface area contributed by atoms with Crippen LogP contribution in [0.1, 0.15) is 55.2 Å². The van der Waals surface area contributed by atoms with Crippen LogP contribution in [0.2, 0.25) is 0 Å². The van der Waals surface area contributed by atoms with Crippen LogP contribution < -0.4 is 11.1 Å². The standard InChI is InChI=1S/C14H24N4O2/c1-9(2)8-20-7-3-6-16-14(19)13-11(15)12(17-18-13)10-4-5-10/h9-10H,3-8,15H2,1-2H3,(H,16,19)(H,17,18). The zero-order chi connectivity index (χ0) is 14.5. The van der Waals surface area contributed by atoms with Crippen molar-refractivity contribution in [3.63, 3.8) is 0 Å². The lowest BCUT2D eigenvalue weighted by atomic mass is 10.2. The van der Waals surface area contributed by atoms with Crippen molar-refractivity contribution in [3.05, 3.63) is 11.4 Å². The van der Waals surface area contributed by atoms with Gasteiger partial charge < -0.3 is 15.8 Å². The number of ether oxygens (including phenoxy) is 1. The van der Waals surface area contributed by atoms with Crippen molar-refractivity contribution in [1.82, 2.24) is 15.5 Å². The Morgan fingerprint density at radius 1 is 1.55 bits per heavy atom. The van der Waals surface area contributed by atoms with Gasteiger partial charge >= 0.3 is 0 Å². The van der Waals surface area contributed by atoms with E-state index in [4.69, 9.17) is 10.5 Å². The molecule has 2 rings (SSSR count). The SMILES string of the molecule is CC(C)COCCCNC(=O)c1n[nH]c(C2CC2)c1N. The second-order valence-electron chi connectivity index (χ2n) is 5.75. The largest absolute Gasteiger partial charge is 0.395 e.